The van der Waals surface area contributed by atoms with E-state index in [4.69, 9.17) is 11.6 Å². The number of hydrogen-bond acceptors (Lipinski definition) is 7. The standard InChI is InChI=1S/C20H24ClN5O2S/c1-20(19(27)28)5-7-26(8-6-20)16-11-24-17(12-23-16)29-15-4-2-3-14(18(15)21)25-13-9-22-10-13/h2-4,11-13,22,25H,5-10H2,1H3,(H,27,28). The minimum absolute atomic E-state index is 0.416. The topological polar surface area (TPSA) is 90.4 Å². The highest BCUT2D eigenvalue weighted by Gasteiger charge is 2.37. The highest BCUT2D eigenvalue weighted by atomic mass is 35.5. The van der Waals surface area contributed by atoms with Crippen LogP contribution in [-0.2, 0) is 4.79 Å². The predicted molar refractivity (Wildman–Crippen MR) is 115 cm³/mol. The Labute approximate surface area is 179 Å². The van der Waals surface area contributed by atoms with Gasteiger partial charge in [0.1, 0.15) is 10.8 Å². The maximum absolute atomic E-state index is 11.4. The number of carbonyl (C=O) groups is 1. The van der Waals surface area contributed by atoms with Crippen LogP contribution in [0.25, 0.3) is 0 Å². The number of nitrogens with zero attached hydrogens (tertiary/aromatic N) is 3. The first kappa shape index (κ1) is 20.3. The first-order valence-electron chi connectivity index (χ1n) is 9.69. The molecule has 29 heavy (non-hydrogen) atoms. The summed E-state index contributed by atoms with van der Waals surface area (Å²) in [6, 6.07) is 6.36. The van der Waals surface area contributed by atoms with E-state index in [1.807, 2.05) is 25.1 Å². The van der Waals surface area contributed by atoms with Gasteiger partial charge in [0, 0.05) is 31.1 Å². The summed E-state index contributed by atoms with van der Waals surface area (Å²) in [6.07, 6.45) is 4.71. The lowest BCUT2D eigenvalue weighted by atomic mass is 9.80. The highest BCUT2D eigenvalue weighted by Crippen LogP contribution is 2.37. The van der Waals surface area contributed by atoms with Crippen molar-refractivity contribution in [3.8, 4) is 0 Å². The van der Waals surface area contributed by atoms with Crippen LogP contribution >= 0.6 is 23.4 Å². The quantitative estimate of drug-likeness (QED) is 0.638. The molecule has 2 aromatic rings. The second-order valence-electron chi connectivity index (χ2n) is 7.78. The van der Waals surface area contributed by atoms with Crippen LogP contribution in [0.15, 0.2) is 40.5 Å². The van der Waals surface area contributed by atoms with E-state index >= 15 is 0 Å². The van der Waals surface area contributed by atoms with Gasteiger partial charge < -0.3 is 20.6 Å². The van der Waals surface area contributed by atoms with Crippen molar-refractivity contribution in [2.24, 2.45) is 5.41 Å². The molecule has 0 atom stereocenters. The third-order valence-corrected chi connectivity index (χ3v) is 7.14. The maximum Gasteiger partial charge on any atom is 0.309 e. The van der Waals surface area contributed by atoms with E-state index in [2.05, 4.69) is 25.5 Å². The minimum Gasteiger partial charge on any atom is -0.481 e. The number of rotatable bonds is 6. The molecule has 0 saturated carbocycles. The average Bonchev–Trinajstić information content (AvgIpc) is 2.68. The van der Waals surface area contributed by atoms with Gasteiger partial charge in [-0.05, 0) is 31.9 Å². The Bertz CT molecular complexity index is 883. The lowest BCUT2D eigenvalue weighted by Gasteiger charge is -2.36. The van der Waals surface area contributed by atoms with Gasteiger partial charge in [0.05, 0.1) is 34.6 Å². The van der Waals surface area contributed by atoms with Crippen molar-refractivity contribution >= 4 is 40.8 Å². The number of anilines is 2. The van der Waals surface area contributed by atoms with Crippen molar-refractivity contribution in [2.75, 3.05) is 36.4 Å². The summed E-state index contributed by atoms with van der Waals surface area (Å²) < 4.78 is 0. The fourth-order valence-corrected chi connectivity index (χ4v) is 4.47. The lowest BCUT2D eigenvalue weighted by molar-refractivity contribution is -0.149. The molecule has 2 fully saturated rings. The molecule has 3 N–H and O–H groups in total. The zero-order valence-electron chi connectivity index (χ0n) is 16.2. The molecule has 7 nitrogen and oxygen atoms in total. The third kappa shape index (κ3) is 4.44. The Morgan fingerprint density at radius 2 is 2.07 bits per heavy atom. The van der Waals surface area contributed by atoms with Crippen molar-refractivity contribution in [3.05, 3.63) is 35.6 Å². The van der Waals surface area contributed by atoms with Crippen molar-refractivity contribution in [1.82, 2.24) is 15.3 Å². The number of nitrogens with one attached hydrogen (secondary N) is 2. The van der Waals surface area contributed by atoms with Gasteiger partial charge in [0.25, 0.3) is 0 Å². The Balaban J connectivity index is 1.40. The van der Waals surface area contributed by atoms with E-state index in [9.17, 15) is 9.90 Å². The molecule has 0 unspecified atom stereocenters. The molecule has 154 valence electrons. The number of halogens is 1. The number of piperidine rings is 1. The number of aliphatic carboxylic acids is 1. The van der Waals surface area contributed by atoms with Crippen molar-refractivity contribution in [3.63, 3.8) is 0 Å². The zero-order chi connectivity index (χ0) is 20.4. The molecule has 0 amide bonds. The molecule has 2 saturated heterocycles. The Morgan fingerprint density at radius 3 is 2.66 bits per heavy atom. The molecular weight excluding hydrogens is 410 g/mol. The van der Waals surface area contributed by atoms with Gasteiger partial charge in [0.15, 0.2) is 0 Å². The molecule has 0 spiro atoms. The van der Waals surface area contributed by atoms with Gasteiger partial charge in [-0.25, -0.2) is 9.97 Å². The number of benzene rings is 1. The smallest absolute Gasteiger partial charge is 0.309 e. The molecule has 0 radical (unpaired) electrons. The van der Waals surface area contributed by atoms with Crippen molar-refractivity contribution in [2.45, 2.75) is 35.7 Å². The van der Waals surface area contributed by atoms with E-state index in [0.717, 1.165) is 34.5 Å². The van der Waals surface area contributed by atoms with Crippen LogP contribution in [-0.4, -0.2) is 53.3 Å². The summed E-state index contributed by atoms with van der Waals surface area (Å²) in [5.41, 5.74) is 0.285. The van der Waals surface area contributed by atoms with Crippen LogP contribution in [0.1, 0.15) is 19.8 Å². The van der Waals surface area contributed by atoms with E-state index in [-0.39, 0.29) is 0 Å². The number of carboxylic acids is 1. The Morgan fingerprint density at radius 1 is 1.31 bits per heavy atom. The molecule has 1 aromatic carbocycles. The third-order valence-electron chi connectivity index (χ3n) is 5.64. The number of aromatic nitrogens is 2. The molecule has 0 bridgehead atoms. The van der Waals surface area contributed by atoms with E-state index in [1.54, 1.807) is 12.4 Å². The Kier molecular flexibility index (Phi) is 5.85. The molecule has 2 aliphatic heterocycles. The normalized spacial score (nSPS) is 18.9. The van der Waals surface area contributed by atoms with Crippen LogP contribution in [0.5, 0.6) is 0 Å². The zero-order valence-corrected chi connectivity index (χ0v) is 17.8. The second kappa shape index (κ2) is 8.38. The van der Waals surface area contributed by atoms with Crippen molar-refractivity contribution < 1.29 is 9.90 Å². The first-order chi connectivity index (χ1) is 13.9. The molecule has 9 heteroatoms. The van der Waals surface area contributed by atoms with Gasteiger partial charge in [-0.15, -0.1) is 0 Å². The molecule has 3 heterocycles. The van der Waals surface area contributed by atoms with Gasteiger partial charge in [-0.1, -0.05) is 29.4 Å². The molecule has 0 aliphatic carbocycles. The first-order valence-corrected chi connectivity index (χ1v) is 10.9. The average molecular weight is 434 g/mol. The van der Waals surface area contributed by atoms with Crippen LogP contribution in [0.2, 0.25) is 5.02 Å². The van der Waals surface area contributed by atoms with E-state index < -0.39 is 11.4 Å². The summed E-state index contributed by atoms with van der Waals surface area (Å²) in [7, 11) is 0. The Hall–Kier alpha value is -2.03. The summed E-state index contributed by atoms with van der Waals surface area (Å²) in [5, 5.41) is 17.5. The van der Waals surface area contributed by atoms with Gasteiger partial charge in [0.2, 0.25) is 0 Å². The second-order valence-corrected chi connectivity index (χ2v) is 9.23. The summed E-state index contributed by atoms with van der Waals surface area (Å²) in [6.45, 7) is 5.04. The van der Waals surface area contributed by atoms with Gasteiger partial charge >= 0.3 is 5.97 Å². The minimum atomic E-state index is -0.725. The monoisotopic (exact) mass is 433 g/mol. The summed E-state index contributed by atoms with van der Waals surface area (Å²) in [5.74, 6) is 0.0536. The molecule has 4 rings (SSSR count). The summed E-state index contributed by atoms with van der Waals surface area (Å²) in [4.78, 5) is 23.5. The number of carboxylic acid groups (broad SMARTS) is 1. The predicted octanol–water partition coefficient (Wildman–Crippen LogP) is 3.36. The molecule has 2 aliphatic rings. The largest absolute Gasteiger partial charge is 0.481 e. The molecule has 1 aromatic heterocycles. The fourth-order valence-electron chi connectivity index (χ4n) is 3.39. The van der Waals surface area contributed by atoms with Crippen LogP contribution in [0.4, 0.5) is 11.5 Å². The highest BCUT2D eigenvalue weighted by molar-refractivity contribution is 7.99. The molecular formula is C20H24ClN5O2S. The van der Waals surface area contributed by atoms with E-state index in [1.165, 1.54) is 11.8 Å². The maximum atomic E-state index is 11.4. The lowest BCUT2D eigenvalue weighted by Crippen LogP contribution is -2.51. The number of hydrogen-bond donors (Lipinski definition) is 3. The SMILES string of the molecule is CC1(C(=O)O)CCN(c2cnc(Sc3cccc(NC4CNC4)c3Cl)cn2)CC1. The fraction of sp³-hybridized carbons (Fsp3) is 0.450. The summed E-state index contributed by atoms with van der Waals surface area (Å²) >= 11 is 8.06. The van der Waals surface area contributed by atoms with Crippen molar-refractivity contribution in [1.29, 1.82) is 0 Å². The van der Waals surface area contributed by atoms with Crippen LogP contribution < -0.4 is 15.5 Å². The van der Waals surface area contributed by atoms with E-state index in [0.29, 0.717) is 37.0 Å². The van der Waals surface area contributed by atoms with Crippen LogP contribution in [0, 0.1) is 5.41 Å². The van der Waals surface area contributed by atoms with Crippen LogP contribution in [0.3, 0.4) is 0 Å². The van der Waals surface area contributed by atoms with Gasteiger partial charge in [-0.3, -0.25) is 4.79 Å². The van der Waals surface area contributed by atoms with Gasteiger partial charge in [-0.2, -0.15) is 0 Å².